The summed E-state index contributed by atoms with van der Waals surface area (Å²) >= 11 is 6.13. The lowest BCUT2D eigenvalue weighted by molar-refractivity contribution is -0.0261. The summed E-state index contributed by atoms with van der Waals surface area (Å²) in [7, 11) is 0. The van der Waals surface area contributed by atoms with Crippen molar-refractivity contribution in [3.63, 3.8) is 0 Å². The van der Waals surface area contributed by atoms with Gasteiger partial charge in [0.05, 0.1) is 17.8 Å². The van der Waals surface area contributed by atoms with Crippen molar-refractivity contribution in [2.45, 2.75) is 45.9 Å². The molecule has 1 aromatic heterocycles. The van der Waals surface area contributed by atoms with E-state index in [1.165, 1.54) is 6.20 Å². The average Bonchev–Trinajstić information content (AvgIpc) is 2.80. The zero-order valence-corrected chi connectivity index (χ0v) is 13.2. The molecule has 1 fully saturated rings. The van der Waals surface area contributed by atoms with Gasteiger partial charge in [-0.2, -0.15) is 5.10 Å². The number of aromatic nitrogens is 2. The first-order valence-electron chi connectivity index (χ1n) is 7.04. The standard InChI is InChI=1S/C14H22ClN3O2/c1-9(2)17-5-6-20-12(8-17)14(19)13-11(15)7-16-18(13)10(3)4/h7,9-10,12H,5-6,8H2,1-4H3. The molecule has 5 nitrogen and oxygen atoms in total. The van der Waals surface area contributed by atoms with Crippen molar-refractivity contribution in [1.82, 2.24) is 14.7 Å². The summed E-state index contributed by atoms with van der Waals surface area (Å²) in [6, 6.07) is 0.492. The van der Waals surface area contributed by atoms with Crippen LogP contribution in [0.1, 0.15) is 44.2 Å². The third-order valence-electron chi connectivity index (χ3n) is 3.59. The first kappa shape index (κ1) is 15.5. The number of nitrogens with zero attached hydrogens (tertiary/aromatic N) is 3. The van der Waals surface area contributed by atoms with Crippen LogP contribution in [0.5, 0.6) is 0 Å². The third kappa shape index (κ3) is 3.05. The molecule has 1 aliphatic heterocycles. The normalized spacial score (nSPS) is 20.9. The number of ketones is 1. The van der Waals surface area contributed by atoms with Crippen molar-refractivity contribution in [2.24, 2.45) is 0 Å². The zero-order valence-electron chi connectivity index (χ0n) is 12.5. The van der Waals surface area contributed by atoms with Crippen LogP contribution < -0.4 is 0 Å². The molecule has 112 valence electrons. The molecule has 0 saturated carbocycles. The molecule has 1 aliphatic rings. The van der Waals surface area contributed by atoms with Crippen molar-refractivity contribution >= 4 is 17.4 Å². The molecule has 0 aromatic carbocycles. The molecule has 0 N–H and O–H groups in total. The Balaban J connectivity index is 2.21. The highest BCUT2D eigenvalue weighted by Crippen LogP contribution is 2.23. The number of halogens is 1. The van der Waals surface area contributed by atoms with E-state index < -0.39 is 6.10 Å². The average molecular weight is 300 g/mol. The van der Waals surface area contributed by atoms with Crippen molar-refractivity contribution in [2.75, 3.05) is 19.7 Å². The van der Waals surface area contributed by atoms with Gasteiger partial charge in [0.2, 0.25) is 5.78 Å². The number of hydrogen-bond acceptors (Lipinski definition) is 4. The molecular formula is C14H22ClN3O2. The molecule has 0 radical (unpaired) electrons. The van der Waals surface area contributed by atoms with E-state index in [9.17, 15) is 4.79 Å². The summed E-state index contributed by atoms with van der Waals surface area (Å²) in [6.07, 6.45) is 1.07. The highest BCUT2D eigenvalue weighted by Gasteiger charge is 2.32. The van der Waals surface area contributed by atoms with Crippen molar-refractivity contribution in [1.29, 1.82) is 0 Å². The Hall–Kier alpha value is -0.910. The Labute approximate surface area is 124 Å². The topological polar surface area (TPSA) is 47.4 Å². The minimum absolute atomic E-state index is 0.0773. The van der Waals surface area contributed by atoms with Gasteiger partial charge in [-0.05, 0) is 27.7 Å². The van der Waals surface area contributed by atoms with Crippen LogP contribution in [0.25, 0.3) is 0 Å². The second kappa shape index (κ2) is 6.24. The van der Waals surface area contributed by atoms with Crippen molar-refractivity contribution in [3.05, 3.63) is 16.9 Å². The van der Waals surface area contributed by atoms with E-state index in [-0.39, 0.29) is 11.8 Å². The number of rotatable bonds is 4. The highest BCUT2D eigenvalue weighted by atomic mass is 35.5. The molecule has 1 unspecified atom stereocenters. The van der Waals surface area contributed by atoms with E-state index in [2.05, 4.69) is 23.8 Å². The van der Waals surface area contributed by atoms with Crippen LogP contribution in [0, 0.1) is 0 Å². The fourth-order valence-corrected chi connectivity index (χ4v) is 2.64. The molecule has 1 aromatic rings. The van der Waals surface area contributed by atoms with Gasteiger partial charge in [-0.25, -0.2) is 0 Å². The molecule has 0 spiro atoms. The predicted molar refractivity (Wildman–Crippen MR) is 78.4 cm³/mol. The molecule has 2 heterocycles. The molecule has 0 bridgehead atoms. The van der Waals surface area contributed by atoms with Gasteiger partial charge in [0.1, 0.15) is 11.8 Å². The summed E-state index contributed by atoms with van der Waals surface area (Å²) < 4.78 is 7.31. The molecule has 1 saturated heterocycles. The first-order valence-corrected chi connectivity index (χ1v) is 7.42. The highest BCUT2D eigenvalue weighted by molar-refractivity contribution is 6.33. The van der Waals surface area contributed by atoms with Gasteiger partial charge in [0.25, 0.3) is 0 Å². The summed E-state index contributed by atoms with van der Waals surface area (Å²) in [5, 5.41) is 4.58. The quantitative estimate of drug-likeness (QED) is 0.801. The number of ether oxygens (including phenoxy) is 1. The van der Waals surface area contributed by atoms with E-state index in [1.807, 2.05) is 13.8 Å². The first-order chi connectivity index (χ1) is 9.41. The zero-order chi connectivity index (χ0) is 14.9. The van der Waals surface area contributed by atoms with Gasteiger partial charge < -0.3 is 4.74 Å². The number of hydrogen-bond donors (Lipinski definition) is 0. The number of carbonyl (C=O) groups is 1. The third-order valence-corrected chi connectivity index (χ3v) is 3.87. The van der Waals surface area contributed by atoms with Gasteiger partial charge in [-0.3, -0.25) is 14.4 Å². The van der Waals surface area contributed by atoms with Gasteiger partial charge in [0, 0.05) is 25.2 Å². The van der Waals surface area contributed by atoms with Crippen molar-refractivity contribution in [3.8, 4) is 0 Å². The Morgan fingerprint density at radius 3 is 2.70 bits per heavy atom. The second-order valence-corrected chi connectivity index (χ2v) is 6.10. The Kier molecular flexibility index (Phi) is 4.83. The van der Waals surface area contributed by atoms with E-state index >= 15 is 0 Å². The van der Waals surface area contributed by atoms with Crippen LogP contribution >= 0.6 is 11.6 Å². The molecule has 1 atom stereocenters. The van der Waals surface area contributed by atoms with Crippen LogP contribution in [0.3, 0.4) is 0 Å². The molecule has 20 heavy (non-hydrogen) atoms. The number of morpholine rings is 1. The van der Waals surface area contributed by atoms with Gasteiger partial charge in [0.15, 0.2) is 0 Å². The molecule has 0 aliphatic carbocycles. The summed E-state index contributed by atoms with van der Waals surface area (Å²) in [5.41, 5.74) is 0.456. The smallest absolute Gasteiger partial charge is 0.212 e. The lowest BCUT2D eigenvalue weighted by atomic mass is 10.1. The number of carbonyl (C=O) groups excluding carboxylic acids is 1. The van der Waals surface area contributed by atoms with E-state index in [0.29, 0.717) is 29.9 Å². The second-order valence-electron chi connectivity index (χ2n) is 5.69. The SMILES string of the molecule is CC(C)N1CCOC(C(=O)c2c(Cl)cnn2C(C)C)C1. The van der Waals surface area contributed by atoms with Crippen LogP contribution in [-0.4, -0.2) is 52.3 Å². The molecule has 0 amide bonds. The lowest BCUT2D eigenvalue weighted by Crippen LogP contribution is -2.49. The van der Waals surface area contributed by atoms with Gasteiger partial charge >= 0.3 is 0 Å². The van der Waals surface area contributed by atoms with E-state index in [1.54, 1.807) is 4.68 Å². The maximum Gasteiger partial charge on any atom is 0.212 e. The predicted octanol–water partition coefficient (Wildman–Crippen LogP) is 2.41. The Bertz CT molecular complexity index is 485. The maximum absolute atomic E-state index is 12.7. The maximum atomic E-state index is 12.7. The minimum Gasteiger partial charge on any atom is -0.367 e. The largest absolute Gasteiger partial charge is 0.367 e. The van der Waals surface area contributed by atoms with E-state index in [4.69, 9.17) is 16.3 Å². The molecular weight excluding hydrogens is 278 g/mol. The van der Waals surface area contributed by atoms with Crippen molar-refractivity contribution < 1.29 is 9.53 Å². The fourth-order valence-electron chi connectivity index (χ4n) is 2.41. The Morgan fingerprint density at radius 2 is 2.10 bits per heavy atom. The summed E-state index contributed by atoms with van der Waals surface area (Å²) in [6.45, 7) is 10.2. The van der Waals surface area contributed by atoms with Crippen LogP contribution in [-0.2, 0) is 4.74 Å². The summed E-state index contributed by atoms with van der Waals surface area (Å²) in [5.74, 6) is -0.0773. The fraction of sp³-hybridized carbons (Fsp3) is 0.714. The number of Topliss-reactive ketones (excluding diaryl/α,β-unsaturated/α-hetero) is 1. The van der Waals surface area contributed by atoms with Gasteiger partial charge in [-0.15, -0.1) is 0 Å². The molecule has 6 heteroatoms. The Morgan fingerprint density at radius 1 is 1.40 bits per heavy atom. The minimum atomic E-state index is -0.460. The summed E-state index contributed by atoms with van der Waals surface area (Å²) in [4.78, 5) is 14.9. The van der Waals surface area contributed by atoms with Crippen LogP contribution in [0.4, 0.5) is 0 Å². The lowest BCUT2D eigenvalue weighted by Gasteiger charge is -2.34. The monoisotopic (exact) mass is 299 g/mol. The van der Waals surface area contributed by atoms with Crippen LogP contribution in [0.2, 0.25) is 5.02 Å². The van der Waals surface area contributed by atoms with E-state index in [0.717, 1.165) is 6.54 Å². The molecule has 2 rings (SSSR count). The van der Waals surface area contributed by atoms with Gasteiger partial charge in [-0.1, -0.05) is 11.6 Å². The van der Waals surface area contributed by atoms with Crippen LogP contribution in [0.15, 0.2) is 6.20 Å².